The summed E-state index contributed by atoms with van der Waals surface area (Å²) in [6.07, 6.45) is 2.60. The highest BCUT2D eigenvalue weighted by molar-refractivity contribution is 8.09. The lowest BCUT2D eigenvalue weighted by molar-refractivity contribution is -0.384. The average Bonchev–Trinajstić information content (AvgIpc) is 3.25. The van der Waals surface area contributed by atoms with Crippen molar-refractivity contribution in [2.24, 2.45) is 5.92 Å². The van der Waals surface area contributed by atoms with E-state index in [1.807, 2.05) is 30.5 Å². The number of nitro groups is 1. The molecule has 208 valence electrons. The van der Waals surface area contributed by atoms with Gasteiger partial charge in [-0.05, 0) is 66.2 Å². The molecule has 0 saturated carbocycles. The Morgan fingerprint density at radius 2 is 1.77 bits per heavy atom. The van der Waals surface area contributed by atoms with Crippen LogP contribution >= 0.6 is 23.5 Å². The first-order valence-electron chi connectivity index (χ1n) is 12.8. The van der Waals surface area contributed by atoms with E-state index in [0.717, 1.165) is 15.4 Å². The number of hydrogen-bond acceptors (Lipinski definition) is 8. The number of thioether (sulfide) groups is 2. The number of hydrogen-bond donors (Lipinski definition) is 0. The van der Waals surface area contributed by atoms with Crippen LogP contribution in [0, 0.1) is 16.0 Å². The molecule has 39 heavy (non-hydrogen) atoms. The summed E-state index contributed by atoms with van der Waals surface area (Å²) in [7, 11) is -1.93. The molecule has 11 heteroatoms. The molecule has 8 nitrogen and oxygen atoms in total. The Kier molecular flexibility index (Phi) is 8.65. The van der Waals surface area contributed by atoms with Gasteiger partial charge in [-0.2, -0.15) is 0 Å². The average molecular weight is 587 g/mol. The molecule has 0 N–H and O–H groups in total. The van der Waals surface area contributed by atoms with Gasteiger partial charge in [0.15, 0.2) is 8.32 Å². The number of non-ortho nitro benzene ring substituents is 1. The fourth-order valence-corrected chi connectivity index (χ4v) is 7.18. The van der Waals surface area contributed by atoms with E-state index in [9.17, 15) is 19.7 Å². The van der Waals surface area contributed by atoms with E-state index >= 15 is 0 Å². The number of amides is 1. The van der Waals surface area contributed by atoms with Crippen LogP contribution < -0.4 is 0 Å². The van der Waals surface area contributed by atoms with Crippen molar-refractivity contribution in [1.29, 1.82) is 0 Å². The molecular formula is C28H34N2O6S2Si. The summed E-state index contributed by atoms with van der Waals surface area (Å²) in [5, 5.41) is 10.8. The maximum Gasteiger partial charge on any atom is 0.356 e. The number of carbonyl (C=O) groups is 2. The van der Waals surface area contributed by atoms with Gasteiger partial charge < -0.3 is 9.16 Å². The molecule has 0 unspecified atom stereocenters. The SMILES string of the molecule is CSc1ccc(C2=C(C(=O)OCc3ccc([N+](=O)[O-])cc3)N3C(=O)[C@H](CCO[Si](C)(C)C(C)(C)C)[C@H]3S2)cc1. The summed E-state index contributed by atoms with van der Waals surface area (Å²) in [4.78, 5) is 40.5. The highest BCUT2D eigenvalue weighted by Crippen LogP contribution is 2.54. The zero-order valence-corrected chi connectivity index (χ0v) is 25.7. The lowest BCUT2D eigenvalue weighted by Crippen LogP contribution is -2.57. The summed E-state index contributed by atoms with van der Waals surface area (Å²) in [6, 6.07) is 13.8. The molecule has 2 heterocycles. The molecular weight excluding hydrogens is 553 g/mol. The van der Waals surface area contributed by atoms with Crippen LogP contribution in [0.1, 0.15) is 38.3 Å². The Hall–Kier alpha value is -2.60. The molecule has 0 radical (unpaired) electrons. The second-order valence-electron chi connectivity index (χ2n) is 11.1. The normalized spacial score (nSPS) is 19.1. The Balaban J connectivity index is 1.51. The van der Waals surface area contributed by atoms with Crippen LogP contribution in [0.3, 0.4) is 0 Å². The predicted octanol–water partition coefficient (Wildman–Crippen LogP) is 6.67. The lowest BCUT2D eigenvalue weighted by Gasteiger charge is -2.43. The molecule has 0 spiro atoms. The fraction of sp³-hybridized carbons (Fsp3) is 0.429. The summed E-state index contributed by atoms with van der Waals surface area (Å²) < 4.78 is 11.9. The van der Waals surface area contributed by atoms with Gasteiger partial charge in [-0.1, -0.05) is 44.7 Å². The number of nitro benzene ring substituents is 1. The van der Waals surface area contributed by atoms with Crippen molar-refractivity contribution in [3.05, 3.63) is 75.5 Å². The third kappa shape index (κ3) is 6.11. The number of β-lactam (4-membered cyclic amide) rings is 1. The number of ether oxygens (including phenoxy) is 1. The van der Waals surface area contributed by atoms with Crippen molar-refractivity contribution in [2.75, 3.05) is 12.9 Å². The predicted molar refractivity (Wildman–Crippen MR) is 158 cm³/mol. The lowest BCUT2D eigenvalue weighted by atomic mass is 9.94. The highest BCUT2D eigenvalue weighted by atomic mass is 32.2. The summed E-state index contributed by atoms with van der Waals surface area (Å²) >= 11 is 3.15. The molecule has 1 amide bonds. The molecule has 2 aromatic carbocycles. The van der Waals surface area contributed by atoms with Crippen LogP contribution in [0.25, 0.3) is 4.91 Å². The van der Waals surface area contributed by atoms with E-state index in [0.29, 0.717) is 18.6 Å². The van der Waals surface area contributed by atoms with Crippen molar-refractivity contribution in [1.82, 2.24) is 4.90 Å². The number of esters is 1. The van der Waals surface area contributed by atoms with Crippen molar-refractivity contribution < 1.29 is 23.7 Å². The minimum Gasteiger partial charge on any atom is -0.456 e. The van der Waals surface area contributed by atoms with E-state index < -0.39 is 19.2 Å². The first-order valence-corrected chi connectivity index (χ1v) is 17.8. The van der Waals surface area contributed by atoms with Crippen LogP contribution in [-0.4, -0.2) is 48.3 Å². The molecule has 1 fully saturated rings. The highest BCUT2D eigenvalue weighted by Gasteiger charge is 2.56. The summed E-state index contributed by atoms with van der Waals surface area (Å²) in [5.74, 6) is -0.916. The molecule has 2 atom stereocenters. The largest absolute Gasteiger partial charge is 0.456 e. The second-order valence-corrected chi connectivity index (χ2v) is 17.9. The van der Waals surface area contributed by atoms with E-state index in [-0.39, 0.29) is 40.2 Å². The van der Waals surface area contributed by atoms with Gasteiger partial charge in [-0.3, -0.25) is 19.8 Å². The van der Waals surface area contributed by atoms with Gasteiger partial charge >= 0.3 is 5.97 Å². The third-order valence-electron chi connectivity index (χ3n) is 7.61. The van der Waals surface area contributed by atoms with Crippen LogP contribution in [0.4, 0.5) is 5.69 Å². The molecule has 4 rings (SSSR count). The molecule has 2 aliphatic heterocycles. The van der Waals surface area contributed by atoms with Crippen LogP contribution in [-0.2, 0) is 25.4 Å². The minimum absolute atomic E-state index is 0.0338. The number of carbonyl (C=O) groups excluding carboxylic acids is 2. The molecule has 2 aromatic rings. The smallest absolute Gasteiger partial charge is 0.356 e. The zero-order chi connectivity index (χ0) is 28.5. The van der Waals surface area contributed by atoms with Crippen molar-refractivity contribution in [3.8, 4) is 0 Å². The Bertz CT molecular complexity index is 1290. The first-order chi connectivity index (χ1) is 18.3. The maximum atomic E-state index is 13.4. The summed E-state index contributed by atoms with van der Waals surface area (Å²) in [5.41, 5.74) is 1.71. The van der Waals surface area contributed by atoms with Crippen molar-refractivity contribution in [2.45, 2.75) is 62.2 Å². The monoisotopic (exact) mass is 586 g/mol. The van der Waals surface area contributed by atoms with Gasteiger partial charge in [0.05, 0.1) is 16.2 Å². The van der Waals surface area contributed by atoms with Gasteiger partial charge in [0.2, 0.25) is 5.91 Å². The van der Waals surface area contributed by atoms with Gasteiger partial charge in [0, 0.05) is 28.5 Å². The van der Waals surface area contributed by atoms with E-state index in [2.05, 4.69) is 33.9 Å². The van der Waals surface area contributed by atoms with Crippen LogP contribution in [0.15, 0.2) is 59.1 Å². The number of rotatable bonds is 10. The number of benzene rings is 2. The molecule has 1 saturated heterocycles. The molecule has 0 aliphatic carbocycles. The quantitative estimate of drug-likeness (QED) is 0.0760. The minimum atomic E-state index is -1.93. The van der Waals surface area contributed by atoms with E-state index in [1.165, 1.54) is 23.9 Å². The number of fused-ring (bicyclic) bond motifs is 1. The molecule has 2 aliphatic rings. The van der Waals surface area contributed by atoms with E-state index in [1.54, 1.807) is 28.8 Å². The van der Waals surface area contributed by atoms with Gasteiger partial charge in [0.1, 0.15) is 12.3 Å². The topological polar surface area (TPSA) is 99.0 Å². The maximum absolute atomic E-state index is 13.4. The van der Waals surface area contributed by atoms with Crippen molar-refractivity contribution >= 4 is 54.3 Å². The standard InChI is InChI=1S/C28H34N2O6S2Si/c1-28(2,3)39(5,6)36-16-15-22-25(31)29-23(24(38-26(22)29)19-9-13-21(37-4)14-10-19)27(32)35-17-18-7-11-20(12-8-18)30(33)34/h7-14,22,26H,15-17H2,1-6H3/t22-,26+/m0/s1. The van der Waals surface area contributed by atoms with Gasteiger partial charge in [0.25, 0.3) is 5.69 Å². The van der Waals surface area contributed by atoms with Gasteiger partial charge in [-0.15, -0.1) is 11.8 Å². The van der Waals surface area contributed by atoms with Gasteiger partial charge in [-0.25, -0.2) is 4.79 Å². The third-order valence-corrected chi connectivity index (χ3v) is 14.3. The summed E-state index contributed by atoms with van der Waals surface area (Å²) in [6.45, 7) is 11.4. The van der Waals surface area contributed by atoms with E-state index in [4.69, 9.17) is 9.16 Å². The van der Waals surface area contributed by atoms with Crippen LogP contribution in [0.5, 0.6) is 0 Å². The second kappa shape index (κ2) is 11.5. The first kappa shape index (κ1) is 29.4. The Morgan fingerprint density at radius 3 is 2.33 bits per heavy atom. The fourth-order valence-electron chi connectivity index (χ4n) is 4.18. The Morgan fingerprint density at radius 1 is 1.13 bits per heavy atom. The zero-order valence-electron chi connectivity index (χ0n) is 23.1. The molecule has 0 aromatic heterocycles. The number of nitrogens with zero attached hydrogens (tertiary/aromatic N) is 2. The van der Waals surface area contributed by atoms with Crippen molar-refractivity contribution in [3.63, 3.8) is 0 Å². The Labute approximate surface area is 238 Å². The molecule has 0 bridgehead atoms. The van der Waals surface area contributed by atoms with Crippen LogP contribution in [0.2, 0.25) is 18.1 Å².